The number of phenols is 14. The van der Waals surface area contributed by atoms with Crippen molar-refractivity contribution < 1.29 is 149 Å². The molecule has 0 aliphatic carbocycles. The van der Waals surface area contributed by atoms with Gasteiger partial charge in [-0.15, -0.1) is 0 Å². The zero-order valence-corrected chi connectivity index (χ0v) is 73.3. The Labute approximate surface area is 783 Å². The number of aromatic hydroxyl groups is 14. The number of benzene rings is 10. The maximum atomic E-state index is 15.7. The minimum absolute atomic E-state index is 0.144. The van der Waals surface area contributed by atoms with Gasteiger partial charge in [0.1, 0.15) is 159 Å². The number of aliphatic carboxylic acids is 2. The number of carboxylic acids is 2. The van der Waals surface area contributed by atoms with Crippen LogP contribution in [0.25, 0.3) is 0 Å². The SMILES string of the molecule is CC(C)[C@@H](NC(=O)[C@@H](NC(=O)[C@@H](N)c1ccc(O)cc1)c1cc(O)cc(O)c1)C(=O)N[C@H](C(=O)N[C@@H](C(=O)N[C@H](C(=O)N[C@@H](C(=O)N[C@H](C(=O)N[C@@H](C(=O)N[C@H](C(=O)N[C@@H](C(=O)N[C@H](Cc1ccccc1)C(=O)N[C@H](CC(=O)O)C(=O)O)c1ccc(O)cc1)c1cc(O)cc(O)c1)C(C)C)c1cc(O)cc(O)c1)c1ccc(O)cc1)c1cc(O)cc(O)c1)c1ccc(O)cc1)c1cc(O)cc(O)c1. The summed E-state index contributed by atoms with van der Waals surface area (Å²) in [7, 11) is 0. The molecule has 0 fully saturated rings. The summed E-state index contributed by atoms with van der Waals surface area (Å²) in [6.07, 6.45) is -1.49. The molecule has 0 radical (unpaired) electrons. The van der Waals surface area contributed by atoms with Crippen molar-refractivity contribution in [3.05, 3.63) is 274 Å². The van der Waals surface area contributed by atoms with Crippen molar-refractivity contribution in [1.29, 1.82) is 0 Å². The van der Waals surface area contributed by atoms with Gasteiger partial charge in [-0.25, -0.2) is 4.79 Å². The summed E-state index contributed by atoms with van der Waals surface area (Å²) in [5.74, 6) is -29.7. The van der Waals surface area contributed by atoms with Gasteiger partial charge < -0.3 is 151 Å². The van der Waals surface area contributed by atoms with Gasteiger partial charge in [0.25, 0.3) is 0 Å². The van der Waals surface area contributed by atoms with Gasteiger partial charge in [0.05, 0.1) is 6.42 Å². The average Bonchev–Trinajstić information content (AvgIpc) is 0.810. The molecule has 0 heterocycles. The van der Waals surface area contributed by atoms with Gasteiger partial charge in [0.2, 0.25) is 70.9 Å². The molecule has 30 N–H and O–H groups in total. The first-order valence-electron chi connectivity index (χ1n) is 41.9. The molecule has 13 atom stereocenters. The van der Waals surface area contributed by atoms with Gasteiger partial charge in [-0.3, -0.25) is 62.3 Å². The van der Waals surface area contributed by atoms with Gasteiger partial charge in [-0.05, 0) is 177 Å². The third-order valence-electron chi connectivity index (χ3n) is 21.3. The molecule has 0 aromatic heterocycles. The van der Waals surface area contributed by atoms with E-state index in [0.717, 1.165) is 164 Å². The predicted octanol–water partition coefficient (Wildman–Crippen LogP) is 3.48. The molecular formula is C95H97N13O30. The van der Waals surface area contributed by atoms with Crippen LogP contribution in [0, 0.1) is 11.8 Å². The zero-order chi connectivity index (χ0) is 101. The van der Waals surface area contributed by atoms with Gasteiger partial charge in [0, 0.05) is 36.8 Å². The lowest BCUT2D eigenvalue weighted by atomic mass is 9.97. The van der Waals surface area contributed by atoms with Crippen molar-refractivity contribution in [2.75, 3.05) is 0 Å². The lowest BCUT2D eigenvalue weighted by molar-refractivity contribution is -0.147. The van der Waals surface area contributed by atoms with E-state index in [2.05, 4.69) is 63.8 Å². The van der Waals surface area contributed by atoms with Crippen molar-refractivity contribution in [1.82, 2.24) is 63.8 Å². The van der Waals surface area contributed by atoms with E-state index in [-0.39, 0.29) is 45.7 Å². The number of carbonyl (C=O) groups excluding carboxylic acids is 12. The summed E-state index contributed by atoms with van der Waals surface area (Å²) in [5, 5.41) is 199. The molecule has 0 aliphatic heterocycles. The van der Waals surface area contributed by atoms with Gasteiger partial charge >= 0.3 is 11.9 Å². The summed E-state index contributed by atoms with van der Waals surface area (Å²) in [6.45, 7) is 5.59. The Morgan fingerprint density at radius 1 is 0.232 bits per heavy atom. The molecule has 43 heteroatoms. The van der Waals surface area contributed by atoms with E-state index >= 15 is 33.6 Å². The van der Waals surface area contributed by atoms with Crippen molar-refractivity contribution >= 4 is 82.8 Å². The van der Waals surface area contributed by atoms with Crippen LogP contribution in [0.5, 0.6) is 80.5 Å². The summed E-state index contributed by atoms with van der Waals surface area (Å²) >= 11 is 0. The van der Waals surface area contributed by atoms with E-state index in [0.29, 0.717) is 5.56 Å². The van der Waals surface area contributed by atoms with E-state index in [9.17, 15) is 115 Å². The van der Waals surface area contributed by atoms with Crippen molar-refractivity contribution in [2.24, 2.45) is 17.6 Å². The topological polar surface area (TPSA) is 733 Å². The van der Waals surface area contributed by atoms with Crippen LogP contribution < -0.4 is 69.5 Å². The summed E-state index contributed by atoms with van der Waals surface area (Å²) in [6, 6.07) is 13.0. The molecule has 722 valence electrons. The van der Waals surface area contributed by atoms with E-state index in [1.54, 1.807) is 18.2 Å². The fourth-order valence-corrected chi connectivity index (χ4v) is 14.5. The second-order valence-electron chi connectivity index (χ2n) is 32.5. The number of hydrogen-bond donors (Lipinski definition) is 29. The number of nitrogens with two attached hydrogens (primary N) is 1. The molecule has 0 unspecified atom stereocenters. The number of amides is 12. The maximum Gasteiger partial charge on any atom is 0.326 e. The molecule has 0 saturated carbocycles. The standard InChI is InChI=1S/C95H97N13O30/c1-43(2)73(99-90(132)78(50-27-59(113)37-60(114)28-50)101-84(126)72(96)46-10-18-55(109)19-11-46)85(127)106-81(53-33-65(119)40-66(120)34-53)93(135)103-77(49-16-24-58(112)25-17-49)89(131)108-82(54-35-67(121)41-68(122)36-54)94(136)104-76(48-14-22-57(111)23-15-48)88(130)107-79(51-29-61(115)38-62(116)30-51)91(133)100-74(44(3)4)86(128)105-80(52-31-63(117)39-64(118)32-52)92(134)102-75(47-12-20-56(110)21-13-47)87(129)97-69(26-45-8-6-5-7-9-45)83(125)98-70(95(137)138)42-71(123)124/h5-25,27-41,43-44,69-70,72-82,109-122H,26,42,96H2,1-4H3,(H,97,129)(H,98,125)(H,99,132)(H,100,133)(H,101,126)(H,102,134)(H,103,135)(H,104,136)(H,105,128)(H,106,127)(H,107,130)(H,108,131)(H,123,124)(H,137,138)/t69-,70-,72+,73-,74-,75-,76-,77-,78+,79+,80+,81+,82+/m1/s1. The van der Waals surface area contributed by atoms with Crippen LogP contribution in [0.3, 0.4) is 0 Å². The predicted molar refractivity (Wildman–Crippen MR) is 483 cm³/mol. The smallest absolute Gasteiger partial charge is 0.326 e. The van der Waals surface area contributed by atoms with E-state index in [4.69, 9.17) is 5.73 Å². The van der Waals surface area contributed by atoms with E-state index < -0.39 is 271 Å². The van der Waals surface area contributed by atoms with Gasteiger partial charge in [0.15, 0.2) is 0 Å². The fraction of sp³-hybridized carbons (Fsp3) is 0.221. The largest absolute Gasteiger partial charge is 0.508 e. The number of carboxylic acid groups (broad SMARTS) is 2. The molecule has 43 nitrogen and oxygen atoms in total. The van der Waals surface area contributed by atoms with Gasteiger partial charge in [-0.1, -0.05) is 107 Å². The number of rotatable bonds is 40. The molecule has 10 aromatic carbocycles. The Morgan fingerprint density at radius 3 is 0.696 bits per heavy atom. The third-order valence-corrected chi connectivity index (χ3v) is 21.3. The highest BCUT2D eigenvalue weighted by atomic mass is 16.4. The first-order chi connectivity index (χ1) is 65.2. The van der Waals surface area contributed by atoms with Gasteiger partial charge in [-0.2, -0.15) is 0 Å². The van der Waals surface area contributed by atoms with Crippen LogP contribution in [0.2, 0.25) is 0 Å². The molecule has 12 amide bonds. The molecule has 0 saturated heterocycles. The Morgan fingerprint density at radius 2 is 0.449 bits per heavy atom. The Balaban J connectivity index is 0.957. The van der Waals surface area contributed by atoms with Crippen molar-refractivity contribution in [3.8, 4) is 80.5 Å². The zero-order valence-electron chi connectivity index (χ0n) is 73.3. The highest BCUT2D eigenvalue weighted by Crippen LogP contribution is 2.36. The quantitative estimate of drug-likeness (QED) is 0.0261. The van der Waals surface area contributed by atoms with Crippen molar-refractivity contribution in [2.45, 2.75) is 119 Å². The van der Waals surface area contributed by atoms with Crippen LogP contribution in [0.15, 0.2) is 218 Å². The minimum Gasteiger partial charge on any atom is -0.508 e. The summed E-state index contributed by atoms with van der Waals surface area (Å²) in [5.41, 5.74) is 4.00. The highest BCUT2D eigenvalue weighted by Gasteiger charge is 2.42. The summed E-state index contributed by atoms with van der Waals surface area (Å²) in [4.78, 5) is 204. The molecular weight excluding hydrogens is 1800 g/mol. The van der Waals surface area contributed by atoms with Crippen LogP contribution in [-0.2, 0) is 73.5 Å². The van der Waals surface area contributed by atoms with Crippen LogP contribution in [0.1, 0.15) is 144 Å². The second-order valence-corrected chi connectivity index (χ2v) is 32.5. The minimum atomic E-state index is -2.31. The molecule has 0 aliphatic rings. The Hall–Kier alpha value is -18.1. The molecule has 138 heavy (non-hydrogen) atoms. The molecule has 10 aromatic rings. The first kappa shape index (κ1) is 102. The Kier molecular flexibility index (Phi) is 33.6. The summed E-state index contributed by atoms with van der Waals surface area (Å²) < 4.78 is 0. The lowest BCUT2D eigenvalue weighted by Gasteiger charge is -2.30. The average molecular weight is 1900 g/mol. The van der Waals surface area contributed by atoms with E-state index in [1.807, 2.05) is 0 Å². The number of carbonyl (C=O) groups is 14. The monoisotopic (exact) mass is 1900 g/mol. The lowest BCUT2D eigenvalue weighted by Crippen LogP contribution is -2.56. The highest BCUT2D eigenvalue weighted by molar-refractivity contribution is 6.02. The molecule has 10 rings (SSSR count). The normalized spacial score (nSPS) is 13.9. The van der Waals surface area contributed by atoms with Crippen LogP contribution >= 0.6 is 0 Å². The Bertz CT molecular complexity index is 6110. The number of phenolic OH excluding ortho intramolecular Hbond substituents is 14. The number of hydrogen-bond acceptors (Lipinski definition) is 29. The maximum absolute atomic E-state index is 15.7. The second kappa shape index (κ2) is 45.4. The van der Waals surface area contributed by atoms with Crippen LogP contribution in [0.4, 0.5) is 0 Å². The van der Waals surface area contributed by atoms with Crippen molar-refractivity contribution in [3.63, 3.8) is 0 Å². The molecule has 0 spiro atoms. The van der Waals surface area contributed by atoms with Crippen LogP contribution in [-0.4, -0.2) is 189 Å². The third kappa shape index (κ3) is 27.6. The first-order valence-corrected chi connectivity index (χ1v) is 41.9. The number of nitrogens with one attached hydrogen (secondary N) is 12. The fourth-order valence-electron chi connectivity index (χ4n) is 14.5. The molecule has 0 bridgehead atoms. The van der Waals surface area contributed by atoms with E-state index in [1.165, 1.54) is 64.1 Å².